The lowest BCUT2D eigenvalue weighted by Gasteiger charge is -2.00. The summed E-state index contributed by atoms with van der Waals surface area (Å²) in [6.45, 7) is 12.1. The van der Waals surface area contributed by atoms with Crippen molar-refractivity contribution in [3.05, 3.63) is 73.3 Å². The first-order chi connectivity index (χ1) is 9.36. The molecule has 0 spiro atoms. The molecule has 0 amide bonds. The lowest BCUT2D eigenvalue weighted by Crippen LogP contribution is -1.76. The highest BCUT2D eigenvalue weighted by Gasteiger charge is 1.93. The Labute approximate surface area is 118 Å². The lowest BCUT2D eigenvalue weighted by atomic mass is 10.0. The molecule has 0 saturated carbocycles. The number of rotatable bonds is 1. The van der Waals surface area contributed by atoms with Gasteiger partial charge in [-0.2, -0.15) is 0 Å². The first kappa shape index (κ1) is 19.5. The Morgan fingerprint density at radius 2 is 1.05 bits per heavy atom. The molecule has 0 saturated heterocycles. The molecule has 1 heteroatoms. The van der Waals surface area contributed by atoms with Gasteiger partial charge in [-0.15, -0.1) is 13.2 Å². The molecule has 104 valence electrons. The van der Waals surface area contributed by atoms with Crippen LogP contribution in [0.3, 0.4) is 0 Å². The van der Waals surface area contributed by atoms with E-state index in [0.717, 1.165) is 7.11 Å². The fourth-order valence-electron chi connectivity index (χ4n) is 1.38. The van der Waals surface area contributed by atoms with Gasteiger partial charge in [-0.1, -0.05) is 74.0 Å². The Bertz CT molecular complexity index is 390. The van der Waals surface area contributed by atoms with Crippen molar-refractivity contribution in [3.63, 3.8) is 0 Å². The van der Waals surface area contributed by atoms with E-state index in [1.165, 1.54) is 16.7 Å². The van der Waals surface area contributed by atoms with Gasteiger partial charge in [-0.25, -0.2) is 0 Å². The van der Waals surface area contributed by atoms with Gasteiger partial charge in [0, 0.05) is 7.11 Å². The second-order valence-corrected chi connectivity index (χ2v) is 3.23. The number of aliphatic hydroxyl groups is 1. The SMILES string of the molecule is C=C.CC.CO.Cc1ccc(-c2ccccc2)cc1. The summed E-state index contributed by atoms with van der Waals surface area (Å²) in [5.41, 5.74) is 3.87. The normalized spacial score (nSPS) is 7.63. The Morgan fingerprint density at radius 3 is 1.47 bits per heavy atom. The van der Waals surface area contributed by atoms with E-state index in [4.69, 9.17) is 5.11 Å². The van der Waals surface area contributed by atoms with Gasteiger partial charge in [0.2, 0.25) is 0 Å². The van der Waals surface area contributed by atoms with Crippen LogP contribution in [0.15, 0.2) is 67.8 Å². The Kier molecular flexibility index (Phi) is 14.6. The molecule has 1 N–H and O–H groups in total. The largest absolute Gasteiger partial charge is 0.400 e. The van der Waals surface area contributed by atoms with Crippen molar-refractivity contribution in [1.29, 1.82) is 0 Å². The summed E-state index contributed by atoms with van der Waals surface area (Å²) in [5, 5.41) is 7.00. The Hall–Kier alpha value is -1.86. The van der Waals surface area contributed by atoms with Crippen LogP contribution in [-0.4, -0.2) is 12.2 Å². The quantitative estimate of drug-likeness (QED) is 0.706. The molecule has 0 aromatic heterocycles. The van der Waals surface area contributed by atoms with E-state index in [9.17, 15) is 0 Å². The fourth-order valence-corrected chi connectivity index (χ4v) is 1.38. The molecule has 0 aliphatic rings. The van der Waals surface area contributed by atoms with Crippen LogP contribution in [-0.2, 0) is 0 Å². The predicted octanol–water partition coefficient (Wildman–Crippen LogP) is 5.10. The van der Waals surface area contributed by atoms with Gasteiger partial charge in [0.25, 0.3) is 0 Å². The number of aryl methyl sites for hydroxylation is 1. The third-order valence-electron chi connectivity index (χ3n) is 2.16. The highest BCUT2D eigenvalue weighted by Crippen LogP contribution is 2.18. The van der Waals surface area contributed by atoms with Crippen molar-refractivity contribution < 1.29 is 5.11 Å². The molecule has 2 rings (SSSR count). The van der Waals surface area contributed by atoms with Gasteiger partial charge >= 0.3 is 0 Å². The third kappa shape index (κ3) is 7.96. The number of aliphatic hydroxyl groups excluding tert-OH is 1. The lowest BCUT2D eigenvalue weighted by molar-refractivity contribution is 0.399. The molecule has 0 aliphatic heterocycles. The summed E-state index contributed by atoms with van der Waals surface area (Å²) in [6, 6.07) is 19.0. The first-order valence-corrected chi connectivity index (χ1v) is 6.43. The molecule has 0 radical (unpaired) electrons. The number of hydrogen-bond acceptors (Lipinski definition) is 1. The van der Waals surface area contributed by atoms with Crippen LogP contribution in [0.4, 0.5) is 0 Å². The summed E-state index contributed by atoms with van der Waals surface area (Å²) >= 11 is 0. The second kappa shape index (κ2) is 14.2. The van der Waals surface area contributed by atoms with E-state index in [1.807, 2.05) is 19.9 Å². The summed E-state index contributed by atoms with van der Waals surface area (Å²) in [6.07, 6.45) is 0. The molecule has 0 aliphatic carbocycles. The van der Waals surface area contributed by atoms with Crippen molar-refractivity contribution >= 4 is 0 Å². The summed E-state index contributed by atoms with van der Waals surface area (Å²) in [7, 11) is 1.00. The Morgan fingerprint density at radius 1 is 0.684 bits per heavy atom. The zero-order chi connectivity index (χ0) is 15.1. The summed E-state index contributed by atoms with van der Waals surface area (Å²) in [4.78, 5) is 0. The highest BCUT2D eigenvalue weighted by atomic mass is 16.2. The van der Waals surface area contributed by atoms with E-state index in [0.29, 0.717) is 0 Å². The Balaban J connectivity index is 0. The zero-order valence-electron chi connectivity index (χ0n) is 12.6. The van der Waals surface area contributed by atoms with Crippen molar-refractivity contribution in [2.75, 3.05) is 7.11 Å². The van der Waals surface area contributed by atoms with Gasteiger partial charge in [-0.05, 0) is 18.1 Å². The van der Waals surface area contributed by atoms with E-state index in [2.05, 4.69) is 68.6 Å². The van der Waals surface area contributed by atoms with E-state index in [-0.39, 0.29) is 0 Å². The van der Waals surface area contributed by atoms with Crippen molar-refractivity contribution in [2.24, 2.45) is 0 Å². The fraction of sp³-hybridized carbons (Fsp3) is 0.222. The zero-order valence-corrected chi connectivity index (χ0v) is 12.6. The maximum Gasteiger partial charge on any atom is 0.0319 e. The van der Waals surface area contributed by atoms with Gasteiger partial charge < -0.3 is 5.11 Å². The second-order valence-electron chi connectivity index (χ2n) is 3.23. The number of hydrogen-bond donors (Lipinski definition) is 1. The van der Waals surface area contributed by atoms with Crippen LogP contribution in [0.1, 0.15) is 19.4 Å². The average molecular weight is 258 g/mol. The summed E-state index contributed by atoms with van der Waals surface area (Å²) in [5.74, 6) is 0. The molecule has 19 heavy (non-hydrogen) atoms. The minimum atomic E-state index is 1.00. The van der Waals surface area contributed by atoms with Gasteiger partial charge in [0.05, 0.1) is 0 Å². The predicted molar refractivity (Wildman–Crippen MR) is 87.4 cm³/mol. The molecular weight excluding hydrogens is 232 g/mol. The van der Waals surface area contributed by atoms with Crippen LogP contribution in [0.2, 0.25) is 0 Å². The van der Waals surface area contributed by atoms with Crippen LogP contribution < -0.4 is 0 Å². The molecule has 0 heterocycles. The highest BCUT2D eigenvalue weighted by molar-refractivity contribution is 5.63. The van der Waals surface area contributed by atoms with E-state index >= 15 is 0 Å². The first-order valence-electron chi connectivity index (χ1n) is 6.43. The van der Waals surface area contributed by atoms with Gasteiger partial charge in [-0.3, -0.25) is 0 Å². The molecule has 2 aromatic carbocycles. The third-order valence-corrected chi connectivity index (χ3v) is 2.16. The van der Waals surface area contributed by atoms with Gasteiger partial charge in [0.15, 0.2) is 0 Å². The topological polar surface area (TPSA) is 20.2 Å². The van der Waals surface area contributed by atoms with Crippen molar-refractivity contribution in [2.45, 2.75) is 20.8 Å². The molecule has 2 aromatic rings. The van der Waals surface area contributed by atoms with Gasteiger partial charge in [0.1, 0.15) is 0 Å². The standard InChI is InChI=1S/C13H12.C2H6.C2H4.CH4O/c1-11-7-9-13(10-8-11)12-5-3-2-4-6-12;3*1-2/h2-10H,1H3;1-2H3;1-2H2;2H,1H3. The maximum absolute atomic E-state index is 7.00. The van der Waals surface area contributed by atoms with Crippen LogP contribution in [0.5, 0.6) is 0 Å². The smallest absolute Gasteiger partial charge is 0.0319 e. The summed E-state index contributed by atoms with van der Waals surface area (Å²) < 4.78 is 0. The molecule has 0 bridgehead atoms. The van der Waals surface area contributed by atoms with E-state index < -0.39 is 0 Å². The van der Waals surface area contributed by atoms with E-state index in [1.54, 1.807) is 0 Å². The molecule has 0 unspecified atom stereocenters. The van der Waals surface area contributed by atoms with Crippen molar-refractivity contribution in [1.82, 2.24) is 0 Å². The molecule has 0 atom stereocenters. The average Bonchev–Trinajstić information content (AvgIpc) is 2.55. The van der Waals surface area contributed by atoms with Crippen LogP contribution in [0, 0.1) is 6.92 Å². The number of benzene rings is 2. The monoisotopic (exact) mass is 258 g/mol. The molecular formula is C18H26O. The van der Waals surface area contributed by atoms with Crippen molar-refractivity contribution in [3.8, 4) is 11.1 Å². The van der Waals surface area contributed by atoms with Crippen LogP contribution >= 0.6 is 0 Å². The maximum atomic E-state index is 7.00. The minimum Gasteiger partial charge on any atom is -0.400 e. The minimum absolute atomic E-state index is 1.00. The molecule has 0 fully saturated rings. The molecule has 1 nitrogen and oxygen atoms in total. The van der Waals surface area contributed by atoms with Crippen LogP contribution in [0.25, 0.3) is 11.1 Å².